The zero-order valence-electron chi connectivity index (χ0n) is 17.1. The molecule has 1 spiro atoms. The Labute approximate surface area is 175 Å². The fourth-order valence-electron chi connectivity index (χ4n) is 4.42. The minimum atomic E-state index is -0.559. The first-order valence-electron chi connectivity index (χ1n) is 10.1. The number of ether oxygens (including phenoxy) is 3. The Hall–Kier alpha value is -3.06. The van der Waals surface area contributed by atoms with Gasteiger partial charge in [-0.25, -0.2) is 0 Å². The molecule has 0 bridgehead atoms. The number of piperidine rings is 1. The lowest BCUT2D eigenvalue weighted by Crippen LogP contribution is -2.48. The monoisotopic (exact) mass is 410 g/mol. The third-order valence-electron chi connectivity index (χ3n) is 5.86. The molecule has 4 rings (SSSR count). The number of fused-ring (bicyclic) bond motifs is 2. The van der Waals surface area contributed by atoms with Crippen molar-refractivity contribution in [3.8, 4) is 11.5 Å². The van der Waals surface area contributed by atoms with E-state index in [1.165, 1.54) is 5.56 Å². The van der Waals surface area contributed by atoms with E-state index in [0.717, 1.165) is 17.7 Å². The molecule has 0 aromatic heterocycles. The number of carbonyl (C=O) groups excluding carboxylic acids is 2. The van der Waals surface area contributed by atoms with Gasteiger partial charge in [0.25, 0.3) is 11.8 Å². The van der Waals surface area contributed by atoms with Crippen molar-refractivity contribution in [2.24, 2.45) is 5.73 Å². The summed E-state index contributed by atoms with van der Waals surface area (Å²) in [5, 5.41) is 0. The maximum atomic E-state index is 13.0. The number of nitrogens with zero attached hydrogens (tertiary/aromatic N) is 1. The highest BCUT2D eigenvalue weighted by molar-refractivity contribution is 5.94. The fourth-order valence-corrected chi connectivity index (χ4v) is 4.42. The van der Waals surface area contributed by atoms with Crippen molar-refractivity contribution in [1.82, 2.24) is 4.90 Å². The van der Waals surface area contributed by atoms with E-state index >= 15 is 0 Å². The lowest BCUT2D eigenvalue weighted by molar-refractivity contribution is -0.119. The van der Waals surface area contributed by atoms with Crippen molar-refractivity contribution < 1.29 is 23.8 Å². The average molecular weight is 410 g/mol. The van der Waals surface area contributed by atoms with Crippen molar-refractivity contribution in [2.45, 2.75) is 24.9 Å². The molecule has 2 N–H and O–H groups in total. The Morgan fingerprint density at radius 2 is 1.93 bits per heavy atom. The summed E-state index contributed by atoms with van der Waals surface area (Å²) in [6, 6.07) is 13.0. The van der Waals surface area contributed by atoms with E-state index in [1.807, 2.05) is 17.0 Å². The Morgan fingerprint density at radius 3 is 2.67 bits per heavy atom. The third kappa shape index (κ3) is 3.85. The number of hydrogen-bond donors (Lipinski definition) is 1. The SMILES string of the molecule is COc1cccc2c1C1(CCN(C(=O)c3cccc(OCC(N)=O)c3)CC1)OCC2. The Kier molecular flexibility index (Phi) is 5.63. The standard InChI is InChI=1S/C23H26N2O5/c1-28-19-7-3-4-16-8-13-30-23(21(16)19)9-11-25(12-10-23)22(27)17-5-2-6-18(14-17)29-15-20(24)26/h2-7,14H,8-13,15H2,1H3,(H2,24,26). The quantitative estimate of drug-likeness (QED) is 0.817. The Bertz CT molecular complexity index is 936. The number of methoxy groups -OCH3 is 1. The lowest BCUT2D eigenvalue weighted by atomic mass is 9.78. The van der Waals surface area contributed by atoms with Gasteiger partial charge in [-0.05, 0) is 49.1 Å². The number of nitrogens with two attached hydrogens (primary N) is 1. The average Bonchev–Trinajstić information content (AvgIpc) is 2.78. The molecule has 158 valence electrons. The molecule has 7 heteroatoms. The second kappa shape index (κ2) is 8.36. The molecule has 2 amide bonds. The van der Waals surface area contributed by atoms with E-state index in [1.54, 1.807) is 31.4 Å². The van der Waals surface area contributed by atoms with Crippen LogP contribution in [0.25, 0.3) is 0 Å². The smallest absolute Gasteiger partial charge is 0.255 e. The number of carbonyl (C=O) groups is 2. The van der Waals surface area contributed by atoms with Crippen LogP contribution < -0.4 is 15.2 Å². The first kappa shape index (κ1) is 20.2. The zero-order chi connectivity index (χ0) is 21.1. The normalized spacial score (nSPS) is 17.3. The molecule has 0 saturated carbocycles. The van der Waals surface area contributed by atoms with E-state index in [-0.39, 0.29) is 12.5 Å². The number of hydrogen-bond acceptors (Lipinski definition) is 5. The first-order valence-corrected chi connectivity index (χ1v) is 10.1. The Balaban J connectivity index is 1.49. The summed E-state index contributed by atoms with van der Waals surface area (Å²) in [6.07, 6.45) is 2.29. The summed E-state index contributed by atoms with van der Waals surface area (Å²) in [5.74, 6) is 0.676. The van der Waals surface area contributed by atoms with Gasteiger partial charge in [0.1, 0.15) is 17.1 Å². The minimum absolute atomic E-state index is 0.0644. The van der Waals surface area contributed by atoms with Gasteiger partial charge in [-0.1, -0.05) is 18.2 Å². The largest absolute Gasteiger partial charge is 0.496 e. The van der Waals surface area contributed by atoms with Gasteiger partial charge < -0.3 is 24.8 Å². The number of benzene rings is 2. The maximum Gasteiger partial charge on any atom is 0.255 e. The molecule has 0 atom stereocenters. The number of primary amides is 1. The van der Waals surface area contributed by atoms with Gasteiger partial charge in [0.05, 0.1) is 13.7 Å². The minimum Gasteiger partial charge on any atom is -0.496 e. The van der Waals surface area contributed by atoms with E-state index in [0.29, 0.717) is 43.9 Å². The predicted octanol–water partition coefficient (Wildman–Crippen LogP) is 2.26. The molecule has 2 heterocycles. The molecule has 30 heavy (non-hydrogen) atoms. The summed E-state index contributed by atoms with van der Waals surface area (Å²) in [4.78, 5) is 25.8. The topological polar surface area (TPSA) is 91.1 Å². The highest BCUT2D eigenvalue weighted by atomic mass is 16.5. The van der Waals surface area contributed by atoms with Crippen LogP contribution in [0.2, 0.25) is 0 Å². The van der Waals surface area contributed by atoms with Gasteiger partial charge in [-0.2, -0.15) is 0 Å². The molecule has 0 radical (unpaired) electrons. The van der Waals surface area contributed by atoms with Crippen LogP contribution in [0.3, 0.4) is 0 Å². The molecule has 1 saturated heterocycles. The van der Waals surface area contributed by atoms with E-state index in [2.05, 4.69) is 6.07 Å². The summed E-state index contributed by atoms with van der Waals surface area (Å²) >= 11 is 0. The van der Waals surface area contributed by atoms with Gasteiger partial charge in [0.15, 0.2) is 6.61 Å². The van der Waals surface area contributed by atoms with Crippen LogP contribution in [0.15, 0.2) is 42.5 Å². The molecule has 0 aliphatic carbocycles. The van der Waals surface area contributed by atoms with Crippen LogP contribution in [0, 0.1) is 0 Å². The summed E-state index contributed by atoms with van der Waals surface area (Å²) in [7, 11) is 1.68. The summed E-state index contributed by atoms with van der Waals surface area (Å²) in [5.41, 5.74) is 7.62. The lowest BCUT2D eigenvalue weighted by Gasteiger charge is -2.45. The number of amides is 2. The van der Waals surface area contributed by atoms with Gasteiger partial charge in [-0.15, -0.1) is 0 Å². The maximum absolute atomic E-state index is 13.0. The molecule has 1 fully saturated rings. The van der Waals surface area contributed by atoms with Gasteiger partial charge in [-0.3, -0.25) is 9.59 Å². The Morgan fingerprint density at radius 1 is 1.17 bits per heavy atom. The van der Waals surface area contributed by atoms with Gasteiger partial charge >= 0.3 is 0 Å². The molecule has 2 aliphatic rings. The van der Waals surface area contributed by atoms with Crippen LogP contribution in [-0.4, -0.2) is 50.1 Å². The van der Waals surface area contributed by atoms with Crippen LogP contribution in [-0.2, 0) is 21.6 Å². The summed E-state index contributed by atoms with van der Waals surface area (Å²) in [6.45, 7) is 1.63. The van der Waals surface area contributed by atoms with Gasteiger partial charge in [0.2, 0.25) is 0 Å². The van der Waals surface area contributed by atoms with Crippen LogP contribution in [0.1, 0.15) is 34.3 Å². The van der Waals surface area contributed by atoms with Crippen molar-refractivity contribution in [1.29, 1.82) is 0 Å². The first-order chi connectivity index (χ1) is 14.5. The number of likely N-dealkylation sites (tertiary alicyclic amines) is 1. The fraction of sp³-hybridized carbons (Fsp3) is 0.391. The molecule has 2 aromatic carbocycles. The molecule has 0 unspecified atom stereocenters. The third-order valence-corrected chi connectivity index (χ3v) is 5.86. The van der Waals surface area contributed by atoms with Crippen LogP contribution in [0.4, 0.5) is 0 Å². The highest BCUT2D eigenvalue weighted by Gasteiger charge is 2.43. The zero-order valence-corrected chi connectivity index (χ0v) is 17.1. The second-order valence-corrected chi connectivity index (χ2v) is 7.66. The molecule has 2 aromatic rings. The van der Waals surface area contributed by atoms with Crippen LogP contribution >= 0.6 is 0 Å². The van der Waals surface area contributed by atoms with Crippen molar-refractivity contribution >= 4 is 11.8 Å². The second-order valence-electron chi connectivity index (χ2n) is 7.66. The predicted molar refractivity (Wildman–Crippen MR) is 111 cm³/mol. The molecule has 7 nitrogen and oxygen atoms in total. The molecular weight excluding hydrogens is 384 g/mol. The van der Waals surface area contributed by atoms with Gasteiger partial charge in [0, 0.05) is 24.2 Å². The van der Waals surface area contributed by atoms with E-state index in [9.17, 15) is 9.59 Å². The van der Waals surface area contributed by atoms with Crippen molar-refractivity contribution in [3.05, 3.63) is 59.2 Å². The van der Waals surface area contributed by atoms with E-state index < -0.39 is 11.5 Å². The van der Waals surface area contributed by atoms with Crippen molar-refractivity contribution in [3.63, 3.8) is 0 Å². The van der Waals surface area contributed by atoms with Crippen molar-refractivity contribution in [2.75, 3.05) is 33.4 Å². The number of rotatable bonds is 5. The molecular formula is C23H26N2O5. The van der Waals surface area contributed by atoms with Crippen LogP contribution in [0.5, 0.6) is 11.5 Å². The highest BCUT2D eigenvalue weighted by Crippen LogP contribution is 2.45. The van der Waals surface area contributed by atoms with E-state index in [4.69, 9.17) is 19.9 Å². The molecule has 2 aliphatic heterocycles. The summed E-state index contributed by atoms with van der Waals surface area (Å²) < 4.78 is 17.3.